The fourth-order valence-electron chi connectivity index (χ4n) is 3.80. The van der Waals surface area contributed by atoms with Crippen molar-refractivity contribution in [2.45, 2.75) is 20.5 Å². The third-order valence-corrected chi connectivity index (χ3v) is 5.72. The number of piperazine rings is 1. The van der Waals surface area contributed by atoms with E-state index in [0.29, 0.717) is 0 Å². The smallest absolute Gasteiger partial charge is 0.207 e. The van der Waals surface area contributed by atoms with Gasteiger partial charge in [-0.1, -0.05) is 36.4 Å². The topological polar surface area (TPSA) is 30.4 Å². The summed E-state index contributed by atoms with van der Waals surface area (Å²) in [5, 5.41) is 4.74. The van der Waals surface area contributed by atoms with Crippen LogP contribution in [0.15, 0.2) is 54.6 Å². The molecule has 0 aliphatic carbocycles. The molecule has 0 amide bonds. The fraction of sp³-hybridized carbons (Fsp3) is 0.333. The molecule has 2 heterocycles. The molecule has 4 rings (SSSR count). The highest BCUT2D eigenvalue weighted by atomic mass is 32.1. The van der Waals surface area contributed by atoms with Crippen LogP contribution < -0.4 is 9.80 Å². The maximum Gasteiger partial charge on any atom is 0.207 e. The third kappa shape index (κ3) is 3.68. The van der Waals surface area contributed by atoms with Crippen LogP contribution in [0.4, 0.5) is 5.69 Å². The van der Waals surface area contributed by atoms with Crippen LogP contribution in [0, 0.1) is 18.6 Å². The van der Waals surface area contributed by atoms with Crippen molar-refractivity contribution in [3.63, 3.8) is 0 Å². The lowest BCUT2D eigenvalue weighted by molar-refractivity contribution is -0.924. The number of para-hydroxylation sites is 2. The molecule has 0 unspecified atom stereocenters. The summed E-state index contributed by atoms with van der Waals surface area (Å²) in [5.41, 5.74) is 3.64. The molecule has 6 heteroatoms. The molecule has 27 heavy (non-hydrogen) atoms. The van der Waals surface area contributed by atoms with Crippen molar-refractivity contribution in [3.8, 4) is 5.69 Å². The van der Waals surface area contributed by atoms with Crippen molar-refractivity contribution < 1.29 is 4.90 Å². The number of aryl methyl sites for hydroxylation is 2. The van der Waals surface area contributed by atoms with Crippen LogP contribution in [-0.4, -0.2) is 40.5 Å². The Balaban J connectivity index is 1.48. The van der Waals surface area contributed by atoms with E-state index < -0.39 is 0 Å². The molecule has 1 aliphatic heterocycles. The predicted octanol–water partition coefficient (Wildman–Crippen LogP) is 2.38. The first-order valence-electron chi connectivity index (χ1n) is 9.49. The lowest BCUT2D eigenvalue weighted by Crippen LogP contribution is -3.14. The summed E-state index contributed by atoms with van der Waals surface area (Å²) >= 11 is 5.76. The minimum Gasteiger partial charge on any atom is -0.360 e. The first-order chi connectivity index (χ1) is 13.1. The Labute approximate surface area is 165 Å². The number of benzene rings is 2. The molecule has 140 valence electrons. The number of anilines is 1. The lowest BCUT2D eigenvalue weighted by Gasteiger charge is -2.33. The zero-order valence-corrected chi connectivity index (χ0v) is 16.7. The number of nitrogens with zero attached hydrogens (tertiary/aromatic N) is 4. The van der Waals surface area contributed by atoms with Gasteiger partial charge in [0.15, 0.2) is 6.67 Å². The Morgan fingerprint density at radius 1 is 0.963 bits per heavy atom. The molecule has 0 saturated carbocycles. The average molecular weight is 381 g/mol. The van der Waals surface area contributed by atoms with Crippen LogP contribution in [0.1, 0.15) is 11.4 Å². The van der Waals surface area contributed by atoms with E-state index in [1.807, 2.05) is 11.6 Å². The summed E-state index contributed by atoms with van der Waals surface area (Å²) in [5.74, 6) is 0.941. The SMILES string of the molecule is Cc1ccccc1-n1c(C)nn(C[NH+]2CCN(c3ccccc3)CC2)c1=S. The number of nitrogens with one attached hydrogen (secondary N) is 1. The van der Waals surface area contributed by atoms with Gasteiger partial charge in [0.2, 0.25) is 4.77 Å². The van der Waals surface area contributed by atoms with Gasteiger partial charge in [0.1, 0.15) is 5.82 Å². The van der Waals surface area contributed by atoms with Gasteiger partial charge in [-0.15, -0.1) is 0 Å². The van der Waals surface area contributed by atoms with E-state index in [0.717, 1.165) is 49.1 Å². The number of hydrogen-bond acceptors (Lipinski definition) is 3. The monoisotopic (exact) mass is 380 g/mol. The summed E-state index contributed by atoms with van der Waals surface area (Å²) in [7, 11) is 0. The minimum atomic E-state index is 0.778. The number of aromatic nitrogens is 3. The normalized spacial score (nSPS) is 15.3. The summed E-state index contributed by atoms with van der Waals surface area (Å²) < 4.78 is 4.86. The number of hydrogen-bond donors (Lipinski definition) is 1. The highest BCUT2D eigenvalue weighted by Gasteiger charge is 2.22. The van der Waals surface area contributed by atoms with E-state index in [-0.39, 0.29) is 0 Å². The van der Waals surface area contributed by atoms with E-state index in [2.05, 4.69) is 71.0 Å². The molecule has 3 aromatic rings. The standard InChI is InChI=1S/C21H25N5S/c1-17-8-6-7-11-20(17)26-18(2)22-25(21(26)27)16-23-12-14-24(15-13-23)19-9-4-3-5-10-19/h3-11H,12-16H2,1-2H3/p+1. The van der Waals surface area contributed by atoms with E-state index in [1.54, 1.807) is 0 Å². The van der Waals surface area contributed by atoms with Gasteiger partial charge in [-0.05, 0) is 49.8 Å². The predicted molar refractivity (Wildman–Crippen MR) is 111 cm³/mol. The largest absolute Gasteiger partial charge is 0.360 e. The van der Waals surface area contributed by atoms with Crippen molar-refractivity contribution >= 4 is 17.9 Å². The second kappa shape index (κ2) is 7.66. The quantitative estimate of drug-likeness (QED) is 0.705. The van der Waals surface area contributed by atoms with E-state index >= 15 is 0 Å². The Hall–Kier alpha value is -2.44. The Morgan fingerprint density at radius 2 is 1.63 bits per heavy atom. The van der Waals surface area contributed by atoms with Gasteiger partial charge in [-0.2, -0.15) is 9.78 Å². The second-order valence-corrected chi connectivity index (χ2v) is 7.55. The molecule has 0 radical (unpaired) electrons. The highest BCUT2D eigenvalue weighted by molar-refractivity contribution is 7.71. The molecular formula is C21H26N5S+. The van der Waals surface area contributed by atoms with Crippen LogP contribution in [0.5, 0.6) is 0 Å². The molecular weight excluding hydrogens is 354 g/mol. The highest BCUT2D eigenvalue weighted by Crippen LogP contribution is 2.16. The molecule has 0 atom stereocenters. The molecule has 0 spiro atoms. The van der Waals surface area contributed by atoms with Crippen molar-refractivity contribution in [3.05, 3.63) is 70.8 Å². The number of quaternary nitrogens is 1. The van der Waals surface area contributed by atoms with Crippen LogP contribution in [0.3, 0.4) is 0 Å². The van der Waals surface area contributed by atoms with Crippen molar-refractivity contribution in [1.82, 2.24) is 14.3 Å². The molecule has 1 N–H and O–H groups in total. The van der Waals surface area contributed by atoms with Gasteiger partial charge in [0, 0.05) is 5.69 Å². The van der Waals surface area contributed by atoms with Crippen LogP contribution >= 0.6 is 12.2 Å². The minimum absolute atomic E-state index is 0.778. The Kier molecular flexibility index (Phi) is 5.09. The van der Waals surface area contributed by atoms with Crippen molar-refractivity contribution in [1.29, 1.82) is 0 Å². The maximum absolute atomic E-state index is 5.76. The first kappa shape index (κ1) is 17.9. The lowest BCUT2D eigenvalue weighted by atomic mass is 10.2. The first-order valence-corrected chi connectivity index (χ1v) is 9.90. The van der Waals surface area contributed by atoms with Gasteiger partial charge in [0.25, 0.3) is 0 Å². The van der Waals surface area contributed by atoms with E-state index in [1.165, 1.54) is 16.2 Å². The van der Waals surface area contributed by atoms with E-state index in [4.69, 9.17) is 17.3 Å². The zero-order chi connectivity index (χ0) is 18.8. The molecule has 1 saturated heterocycles. The van der Waals surface area contributed by atoms with Crippen molar-refractivity contribution in [2.75, 3.05) is 31.1 Å². The Bertz CT molecular complexity index is 968. The van der Waals surface area contributed by atoms with Crippen LogP contribution in [-0.2, 0) is 6.67 Å². The summed E-state index contributed by atoms with van der Waals surface area (Å²) in [4.78, 5) is 3.98. The van der Waals surface area contributed by atoms with Crippen molar-refractivity contribution in [2.24, 2.45) is 0 Å². The van der Waals surface area contributed by atoms with Gasteiger partial charge >= 0.3 is 0 Å². The third-order valence-electron chi connectivity index (χ3n) is 5.32. The van der Waals surface area contributed by atoms with Gasteiger partial charge in [0.05, 0.1) is 31.9 Å². The Morgan fingerprint density at radius 3 is 2.33 bits per heavy atom. The molecule has 1 fully saturated rings. The molecule has 1 aliphatic rings. The van der Waals surface area contributed by atoms with Crippen LogP contribution in [0.25, 0.3) is 5.69 Å². The molecule has 0 bridgehead atoms. The van der Waals surface area contributed by atoms with Gasteiger partial charge < -0.3 is 9.80 Å². The molecule has 2 aromatic carbocycles. The maximum atomic E-state index is 5.76. The fourth-order valence-corrected chi connectivity index (χ4v) is 4.14. The van der Waals surface area contributed by atoms with Gasteiger partial charge in [-0.25, -0.2) is 0 Å². The van der Waals surface area contributed by atoms with Gasteiger partial charge in [-0.3, -0.25) is 4.57 Å². The summed E-state index contributed by atoms with van der Waals surface area (Å²) in [6, 6.07) is 19.0. The number of rotatable bonds is 4. The van der Waals surface area contributed by atoms with Crippen LogP contribution in [0.2, 0.25) is 0 Å². The summed E-state index contributed by atoms with van der Waals surface area (Å²) in [6.07, 6.45) is 0. The zero-order valence-electron chi connectivity index (χ0n) is 15.9. The molecule has 1 aromatic heterocycles. The molecule has 5 nitrogen and oxygen atoms in total. The van der Waals surface area contributed by atoms with E-state index in [9.17, 15) is 0 Å². The average Bonchev–Trinajstić information content (AvgIpc) is 2.97. The second-order valence-electron chi connectivity index (χ2n) is 7.18. The summed E-state index contributed by atoms with van der Waals surface area (Å²) in [6.45, 7) is 9.26.